The number of nitriles is 1. The zero-order chi connectivity index (χ0) is 15.2. The first-order valence-corrected chi connectivity index (χ1v) is 7.02. The Bertz CT molecular complexity index is 641. The highest BCUT2D eigenvalue weighted by Gasteiger charge is 2.07. The van der Waals surface area contributed by atoms with Crippen LogP contribution in [0.1, 0.15) is 23.6 Å². The van der Waals surface area contributed by atoms with E-state index in [-0.39, 0.29) is 6.04 Å². The van der Waals surface area contributed by atoms with E-state index in [2.05, 4.69) is 30.4 Å². The fourth-order valence-corrected chi connectivity index (χ4v) is 2.28. The highest BCUT2D eigenvalue weighted by Crippen LogP contribution is 2.19. The second-order valence-electron chi connectivity index (χ2n) is 5.24. The van der Waals surface area contributed by atoms with Crippen LogP contribution in [0.2, 0.25) is 0 Å². The number of hydrogen-bond acceptors (Lipinski definition) is 3. The van der Waals surface area contributed by atoms with Crippen LogP contribution < -0.4 is 10.1 Å². The summed E-state index contributed by atoms with van der Waals surface area (Å²) in [6.45, 7) is 4.19. The van der Waals surface area contributed by atoms with Crippen LogP contribution in [0.15, 0.2) is 42.5 Å². The quantitative estimate of drug-likeness (QED) is 0.903. The number of hydrogen-bond donors (Lipinski definition) is 1. The van der Waals surface area contributed by atoms with Gasteiger partial charge in [0.1, 0.15) is 5.75 Å². The summed E-state index contributed by atoms with van der Waals surface area (Å²) in [5.41, 5.74) is 4.11. The third kappa shape index (κ3) is 4.00. The maximum absolute atomic E-state index is 8.98. The van der Waals surface area contributed by atoms with E-state index in [0.29, 0.717) is 5.56 Å². The first kappa shape index (κ1) is 14.9. The number of rotatable bonds is 5. The lowest BCUT2D eigenvalue weighted by Gasteiger charge is -2.17. The van der Waals surface area contributed by atoms with E-state index in [1.54, 1.807) is 7.11 Å². The van der Waals surface area contributed by atoms with Crippen molar-refractivity contribution in [1.29, 1.82) is 5.26 Å². The minimum atomic E-state index is 0.283. The fourth-order valence-electron chi connectivity index (χ4n) is 2.28. The van der Waals surface area contributed by atoms with E-state index >= 15 is 0 Å². The first-order valence-electron chi connectivity index (χ1n) is 7.02. The molecular weight excluding hydrogens is 260 g/mol. The molecule has 1 atom stereocenters. The van der Waals surface area contributed by atoms with Gasteiger partial charge >= 0.3 is 0 Å². The van der Waals surface area contributed by atoms with Gasteiger partial charge in [-0.3, -0.25) is 0 Å². The van der Waals surface area contributed by atoms with Gasteiger partial charge in [-0.15, -0.1) is 0 Å². The molecule has 0 saturated heterocycles. The molecule has 0 aromatic heterocycles. The highest BCUT2D eigenvalue weighted by atomic mass is 16.5. The lowest BCUT2D eigenvalue weighted by atomic mass is 10.1. The number of ether oxygens (including phenoxy) is 1. The molecule has 0 radical (unpaired) electrons. The van der Waals surface area contributed by atoms with E-state index in [0.717, 1.165) is 23.4 Å². The molecule has 2 rings (SSSR count). The third-order valence-electron chi connectivity index (χ3n) is 3.47. The molecule has 0 aliphatic heterocycles. The van der Waals surface area contributed by atoms with Crippen LogP contribution in [-0.4, -0.2) is 13.2 Å². The summed E-state index contributed by atoms with van der Waals surface area (Å²) in [6, 6.07) is 16.3. The van der Waals surface area contributed by atoms with Crippen LogP contribution in [0, 0.1) is 18.3 Å². The summed E-state index contributed by atoms with van der Waals surface area (Å²) in [5, 5.41) is 12.5. The molecule has 21 heavy (non-hydrogen) atoms. The van der Waals surface area contributed by atoms with Gasteiger partial charge in [0.2, 0.25) is 0 Å². The smallest absolute Gasteiger partial charge is 0.118 e. The van der Waals surface area contributed by atoms with Gasteiger partial charge in [-0.1, -0.05) is 18.2 Å². The average molecular weight is 280 g/mol. The van der Waals surface area contributed by atoms with Crippen LogP contribution >= 0.6 is 0 Å². The maximum Gasteiger partial charge on any atom is 0.118 e. The van der Waals surface area contributed by atoms with E-state index in [4.69, 9.17) is 10.00 Å². The molecule has 1 N–H and O–H groups in total. The lowest BCUT2D eigenvalue weighted by Crippen LogP contribution is -2.18. The molecule has 3 nitrogen and oxygen atoms in total. The number of aryl methyl sites for hydroxylation is 1. The summed E-state index contributed by atoms with van der Waals surface area (Å²) in [6.07, 6.45) is 0.917. The predicted octanol–water partition coefficient (Wildman–Crippen LogP) is 3.92. The predicted molar refractivity (Wildman–Crippen MR) is 85.7 cm³/mol. The topological polar surface area (TPSA) is 45.0 Å². The maximum atomic E-state index is 8.98. The number of nitrogens with zero attached hydrogens (tertiary/aromatic N) is 1. The van der Waals surface area contributed by atoms with Gasteiger partial charge in [0, 0.05) is 11.7 Å². The first-order chi connectivity index (χ1) is 10.1. The number of anilines is 1. The Morgan fingerprint density at radius 1 is 1.19 bits per heavy atom. The molecule has 0 saturated carbocycles. The van der Waals surface area contributed by atoms with E-state index in [9.17, 15) is 0 Å². The molecule has 2 aromatic carbocycles. The second kappa shape index (κ2) is 6.81. The lowest BCUT2D eigenvalue weighted by molar-refractivity contribution is 0.414. The second-order valence-corrected chi connectivity index (χ2v) is 5.24. The summed E-state index contributed by atoms with van der Waals surface area (Å²) >= 11 is 0. The Morgan fingerprint density at radius 2 is 1.90 bits per heavy atom. The molecular formula is C18H20N2O. The average Bonchev–Trinajstić information content (AvgIpc) is 2.50. The monoisotopic (exact) mass is 280 g/mol. The minimum Gasteiger partial charge on any atom is -0.497 e. The van der Waals surface area contributed by atoms with Gasteiger partial charge in [-0.2, -0.15) is 5.26 Å². The van der Waals surface area contributed by atoms with Crippen LogP contribution in [0.5, 0.6) is 5.75 Å². The standard InChI is InChI=1S/C18H20N2O/c1-13-4-5-16(12-19)11-18(13)20-14(2)10-15-6-8-17(21-3)9-7-15/h4-9,11,14,20H,10H2,1-3H3. The van der Waals surface area contributed by atoms with Crippen molar-refractivity contribution in [3.8, 4) is 11.8 Å². The van der Waals surface area contributed by atoms with Crippen molar-refractivity contribution in [2.75, 3.05) is 12.4 Å². The minimum absolute atomic E-state index is 0.283. The molecule has 0 amide bonds. The van der Waals surface area contributed by atoms with Crippen LogP contribution in [-0.2, 0) is 6.42 Å². The van der Waals surface area contributed by atoms with E-state index in [1.165, 1.54) is 5.56 Å². The van der Waals surface area contributed by atoms with Crippen molar-refractivity contribution in [2.24, 2.45) is 0 Å². The van der Waals surface area contributed by atoms with Gasteiger partial charge in [0.25, 0.3) is 0 Å². The van der Waals surface area contributed by atoms with Gasteiger partial charge < -0.3 is 10.1 Å². The zero-order valence-corrected chi connectivity index (χ0v) is 12.7. The summed E-state index contributed by atoms with van der Waals surface area (Å²) in [5.74, 6) is 0.872. The Kier molecular flexibility index (Phi) is 4.84. The molecule has 1 unspecified atom stereocenters. The van der Waals surface area contributed by atoms with Crippen molar-refractivity contribution in [1.82, 2.24) is 0 Å². The van der Waals surface area contributed by atoms with E-state index in [1.807, 2.05) is 37.3 Å². The Hall–Kier alpha value is -2.47. The molecule has 108 valence electrons. The Labute approximate surface area is 126 Å². The van der Waals surface area contributed by atoms with Gasteiger partial charge in [0.05, 0.1) is 18.7 Å². The highest BCUT2D eigenvalue weighted by molar-refractivity contribution is 5.55. The Morgan fingerprint density at radius 3 is 2.52 bits per heavy atom. The summed E-state index contributed by atoms with van der Waals surface area (Å²) in [4.78, 5) is 0. The van der Waals surface area contributed by atoms with Gasteiger partial charge in [0.15, 0.2) is 0 Å². The molecule has 0 bridgehead atoms. The fraction of sp³-hybridized carbons (Fsp3) is 0.278. The number of nitrogens with one attached hydrogen (secondary N) is 1. The molecule has 0 aliphatic rings. The zero-order valence-electron chi connectivity index (χ0n) is 12.7. The molecule has 0 fully saturated rings. The Balaban J connectivity index is 2.04. The van der Waals surface area contributed by atoms with Gasteiger partial charge in [-0.05, 0) is 55.7 Å². The van der Waals surface area contributed by atoms with Crippen LogP contribution in [0.4, 0.5) is 5.69 Å². The summed E-state index contributed by atoms with van der Waals surface area (Å²) < 4.78 is 5.16. The number of benzene rings is 2. The molecule has 2 aromatic rings. The van der Waals surface area contributed by atoms with E-state index < -0.39 is 0 Å². The molecule has 0 heterocycles. The van der Waals surface area contributed by atoms with Crippen molar-refractivity contribution in [3.63, 3.8) is 0 Å². The molecule has 0 aliphatic carbocycles. The molecule has 3 heteroatoms. The van der Waals surface area contributed by atoms with Crippen LogP contribution in [0.25, 0.3) is 0 Å². The van der Waals surface area contributed by atoms with Crippen molar-refractivity contribution in [2.45, 2.75) is 26.3 Å². The largest absolute Gasteiger partial charge is 0.497 e. The normalized spacial score (nSPS) is 11.5. The SMILES string of the molecule is COc1ccc(CC(C)Nc2cc(C#N)ccc2C)cc1. The number of methoxy groups -OCH3 is 1. The third-order valence-corrected chi connectivity index (χ3v) is 3.47. The van der Waals surface area contributed by atoms with Crippen molar-refractivity contribution >= 4 is 5.69 Å². The summed E-state index contributed by atoms with van der Waals surface area (Å²) in [7, 11) is 1.67. The van der Waals surface area contributed by atoms with Crippen molar-refractivity contribution in [3.05, 3.63) is 59.2 Å². The van der Waals surface area contributed by atoms with Crippen LogP contribution in [0.3, 0.4) is 0 Å². The van der Waals surface area contributed by atoms with Gasteiger partial charge in [-0.25, -0.2) is 0 Å². The molecule has 0 spiro atoms. The van der Waals surface area contributed by atoms with Crippen molar-refractivity contribution < 1.29 is 4.74 Å².